The molecule has 0 bridgehead atoms. The molecule has 1 saturated heterocycles. The molecule has 0 spiro atoms. The van der Waals surface area contributed by atoms with Crippen molar-refractivity contribution >= 4 is 50.9 Å². The van der Waals surface area contributed by atoms with Gasteiger partial charge in [0, 0.05) is 44.7 Å². The smallest absolute Gasteiger partial charge is 0.419 e. The molecule has 1 fully saturated rings. The van der Waals surface area contributed by atoms with E-state index >= 15 is 0 Å². The number of carbonyl (C=O) groups excluding carboxylic acids is 2. The molecule has 18 heteroatoms. The van der Waals surface area contributed by atoms with Crippen molar-refractivity contribution in [2.45, 2.75) is 58.4 Å². The average Bonchev–Trinajstić information content (AvgIpc) is 3.61. The number of carbonyl (C=O) groups is 3. The van der Waals surface area contributed by atoms with Gasteiger partial charge in [-0.3, -0.25) is 23.5 Å². The highest BCUT2D eigenvalue weighted by molar-refractivity contribution is 7.17. The molecule has 5 rings (SSSR count). The molecule has 3 aromatic heterocycles. The van der Waals surface area contributed by atoms with Gasteiger partial charge < -0.3 is 19.3 Å². The molecule has 0 radical (unpaired) electrons. The lowest BCUT2D eigenvalue weighted by atomic mass is 9.78. The van der Waals surface area contributed by atoms with Crippen molar-refractivity contribution in [3.8, 4) is 11.3 Å². The van der Waals surface area contributed by atoms with Crippen LogP contribution in [0.25, 0.3) is 21.5 Å². The maximum Gasteiger partial charge on any atom is 0.419 e. The van der Waals surface area contributed by atoms with E-state index in [1.54, 1.807) is 26.2 Å². The van der Waals surface area contributed by atoms with Crippen LogP contribution in [0.1, 0.15) is 44.7 Å². The first-order valence-corrected chi connectivity index (χ1v) is 17.0. The lowest BCUT2D eigenvalue weighted by Gasteiger charge is -2.39. The predicted molar refractivity (Wildman–Crippen MR) is 176 cm³/mol. The van der Waals surface area contributed by atoms with Gasteiger partial charge in [0.15, 0.2) is 4.80 Å². The Bertz CT molecular complexity index is 2200. The van der Waals surface area contributed by atoms with E-state index in [9.17, 15) is 46.6 Å². The van der Waals surface area contributed by atoms with Gasteiger partial charge in [-0.2, -0.15) is 18.2 Å². The van der Waals surface area contributed by atoms with E-state index in [4.69, 9.17) is 4.74 Å². The van der Waals surface area contributed by atoms with Gasteiger partial charge in [0.2, 0.25) is 0 Å². The molecule has 2 amide bonds. The number of hydrogen-bond donors (Lipinski definition) is 1. The van der Waals surface area contributed by atoms with Crippen LogP contribution in [-0.4, -0.2) is 60.4 Å². The number of thiophene rings is 1. The number of rotatable bonds is 6. The molecule has 50 heavy (non-hydrogen) atoms. The number of carboxylic acids is 1. The van der Waals surface area contributed by atoms with E-state index in [0.29, 0.717) is 22.5 Å². The van der Waals surface area contributed by atoms with Crippen LogP contribution in [0.15, 0.2) is 43.5 Å². The summed E-state index contributed by atoms with van der Waals surface area (Å²) in [6, 6.07) is 2.31. The van der Waals surface area contributed by atoms with E-state index < -0.39 is 57.8 Å². The summed E-state index contributed by atoms with van der Waals surface area (Å²) < 4.78 is 63.8. The Hall–Kier alpha value is -4.58. The number of fused-ring (bicyclic) bond motifs is 1. The molecule has 0 atom stereocenters. The maximum atomic E-state index is 14.7. The standard InChI is InChI=1S/C32H33F4N5O7S2/c1-30(2,3)48-29(47)40-10-8-31(9-11-40,26(44)45)16-41-21(17-6-7-19(20(33)12-17)32(34,35)36)15-50-27(41)37-22(42)13-18-14-49-25-23(18)24(43)38(4)28(46)39(25)5/h6-7,12,14-15H,8-11,13,16H2,1-5H3,(H,44,45)/b37-27-. The Balaban J connectivity index is 1.56. The summed E-state index contributed by atoms with van der Waals surface area (Å²) in [5.41, 5.74) is -4.48. The Labute approximate surface area is 289 Å². The lowest BCUT2D eigenvalue weighted by molar-refractivity contribution is -0.153. The van der Waals surface area contributed by atoms with Crippen LogP contribution < -0.4 is 16.1 Å². The second-order valence-electron chi connectivity index (χ2n) is 13.1. The van der Waals surface area contributed by atoms with Gasteiger partial charge in [-0.25, -0.2) is 14.0 Å². The van der Waals surface area contributed by atoms with Crippen LogP contribution in [0.3, 0.4) is 0 Å². The Kier molecular flexibility index (Phi) is 9.74. The predicted octanol–water partition coefficient (Wildman–Crippen LogP) is 4.76. The first-order valence-electron chi connectivity index (χ1n) is 15.2. The van der Waals surface area contributed by atoms with Crippen molar-refractivity contribution < 1.29 is 41.8 Å². The van der Waals surface area contributed by atoms with Crippen molar-refractivity contribution in [1.29, 1.82) is 0 Å². The number of aliphatic carboxylic acids is 1. The third-order valence-electron chi connectivity index (χ3n) is 8.46. The molecule has 1 N–H and O–H groups in total. The minimum absolute atomic E-state index is 0.0133. The SMILES string of the molecule is Cn1c(=O)c2c(CC(=O)/N=c3\scc(-c4ccc(C(F)(F)F)c(F)c4)n3CC3(C(=O)O)CCN(C(=O)OC(C)(C)C)CC3)csc2n(C)c1=O. The van der Waals surface area contributed by atoms with E-state index in [2.05, 4.69) is 4.99 Å². The van der Waals surface area contributed by atoms with Crippen LogP contribution in [-0.2, 0) is 47.6 Å². The molecule has 1 aromatic carbocycles. The number of carboxylic acid groups (broad SMARTS) is 1. The number of alkyl halides is 3. The molecule has 12 nitrogen and oxygen atoms in total. The van der Waals surface area contributed by atoms with E-state index in [-0.39, 0.29) is 60.3 Å². The second-order valence-corrected chi connectivity index (χ2v) is 14.8. The Morgan fingerprint density at radius 2 is 1.68 bits per heavy atom. The first kappa shape index (κ1) is 36.7. The number of likely N-dealkylation sites (tertiary alicyclic amines) is 1. The third-order valence-corrected chi connectivity index (χ3v) is 10.4. The molecular formula is C32H33F4N5O7S2. The van der Waals surface area contributed by atoms with E-state index in [1.807, 2.05) is 0 Å². The van der Waals surface area contributed by atoms with Crippen LogP contribution in [0, 0.1) is 11.2 Å². The number of halogens is 4. The molecule has 0 saturated carbocycles. The fourth-order valence-electron chi connectivity index (χ4n) is 5.76. The minimum Gasteiger partial charge on any atom is -0.481 e. The highest BCUT2D eigenvalue weighted by atomic mass is 32.1. The fourth-order valence-corrected chi connectivity index (χ4v) is 7.71. The molecule has 0 unspecified atom stereocenters. The molecule has 4 heterocycles. The summed E-state index contributed by atoms with van der Waals surface area (Å²) in [4.78, 5) is 70.2. The highest BCUT2D eigenvalue weighted by Gasteiger charge is 2.44. The van der Waals surface area contributed by atoms with Crippen LogP contribution in [0.2, 0.25) is 0 Å². The van der Waals surface area contributed by atoms with Crippen molar-refractivity contribution in [2.24, 2.45) is 24.5 Å². The maximum absolute atomic E-state index is 14.7. The number of piperidine rings is 1. The lowest BCUT2D eigenvalue weighted by Crippen LogP contribution is -2.50. The number of hydrogen-bond acceptors (Lipinski definition) is 8. The number of ether oxygens (including phenoxy) is 1. The van der Waals surface area contributed by atoms with Crippen molar-refractivity contribution in [1.82, 2.24) is 18.6 Å². The quantitative estimate of drug-likeness (QED) is 0.281. The summed E-state index contributed by atoms with van der Waals surface area (Å²) >= 11 is 2.00. The summed E-state index contributed by atoms with van der Waals surface area (Å²) in [6.45, 7) is 4.82. The topological polar surface area (TPSA) is 145 Å². The van der Waals surface area contributed by atoms with Gasteiger partial charge >= 0.3 is 23.9 Å². The number of nitrogens with zero attached hydrogens (tertiary/aromatic N) is 5. The van der Waals surface area contributed by atoms with Gasteiger partial charge in [0.1, 0.15) is 16.2 Å². The van der Waals surface area contributed by atoms with Gasteiger partial charge in [-0.1, -0.05) is 6.07 Å². The minimum atomic E-state index is -4.95. The zero-order valence-corrected chi connectivity index (χ0v) is 29.2. The van der Waals surface area contributed by atoms with Crippen molar-refractivity contribution in [2.75, 3.05) is 13.1 Å². The number of aryl methyl sites for hydroxylation is 1. The highest BCUT2D eigenvalue weighted by Crippen LogP contribution is 2.37. The molecular weight excluding hydrogens is 707 g/mol. The molecule has 4 aromatic rings. The average molecular weight is 740 g/mol. The molecule has 0 aliphatic carbocycles. The van der Waals surface area contributed by atoms with E-state index in [0.717, 1.165) is 33.3 Å². The fraction of sp³-hybridized carbons (Fsp3) is 0.438. The number of amides is 2. The molecule has 1 aliphatic heterocycles. The van der Waals surface area contributed by atoms with Crippen LogP contribution >= 0.6 is 22.7 Å². The van der Waals surface area contributed by atoms with Gasteiger partial charge in [0.05, 0.1) is 28.5 Å². The summed E-state index contributed by atoms with van der Waals surface area (Å²) in [7, 11) is 2.81. The second kappa shape index (κ2) is 13.3. The number of aromatic nitrogens is 3. The van der Waals surface area contributed by atoms with Crippen LogP contribution in [0.4, 0.5) is 22.4 Å². The molecule has 268 valence electrons. The van der Waals surface area contributed by atoms with Crippen molar-refractivity contribution in [3.63, 3.8) is 0 Å². The normalized spacial score (nSPS) is 15.5. The monoisotopic (exact) mass is 739 g/mol. The Morgan fingerprint density at radius 3 is 2.26 bits per heavy atom. The van der Waals surface area contributed by atoms with Gasteiger partial charge in [0.25, 0.3) is 11.5 Å². The summed E-state index contributed by atoms with van der Waals surface area (Å²) in [6.07, 6.45) is -6.00. The third kappa shape index (κ3) is 7.17. The molecule has 1 aliphatic rings. The Morgan fingerprint density at radius 1 is 1.02 bits per heavy atom. The van der Waals surface area contributed by atoms with Gasteiger partial charge in [-0.15, -0.1) is 22.7 Å². The van der Waals surface area contributed by atoms with Crippen molar-refractivity contribution in [3.05, 3.63) is 71.5 Å². The zero-order chi connectivity index (χ0) is 36.9. The zero-order valence-electron chi connectivity index (χ0n) is 27.6. The number of benzene rings is 1. The first-order chi connectivity index (χ1) is 23.2. The van der Waals surface area contributed by atoms with E-state index in [1.165, 1.54) is 33.5 Å². The summed E-state index contributed by atoms with van der Waals surface area (Å²) in [5.74, 6) is -3.49. The van der Waals surface area contributed by atoms with Crippen LogP contribution in [0.5, 0.6) is 0 Å². The number of thiazole rings is 1. The largest absolute Gasteiger partial charge is 0.481 e. The van der Waals surface area contributed by atoms with Gasteiger partial charge in [-0.05, 0) is 56.7 Å². The summed E-state index contributed by atoms with van der Waals surface area (Å²) in [5, 5.41) is 13.7.